The summed E-state index contributed by atoms with van der Waals surface area (Å²) in [5.74, 6) is -4.95. The minimum atomic E-state index is -1.42. The van der Waals surface area contributed by atoms with Gasteiger partial charge in [0.2, 0.25) is 0 Å². The third-order valence-corrected chi connectivity index (χ3v) is 2.89. The molecule has 0 saturated carbocycles. The van der Waals surface area contributed by atoms with E-state index in [0.29, 0.717) is 12.6 Å². The van der Waals surface area contributed by atoms with E-state index in [1.54, 1.807) is 0 Å². The van der Waals surface area contributed by atoms with Gasteiger partial charge in [-0.15, -0.1) is 0 Å². The Morgan fingerprint density at radius 3 is 2.50 bits per heavy atom. The van der Waals surface area contributed by atoms with Gasteiger partial charge in [0, 0.05) is 12.6 Å². The van der Waals surface area contributed by atoms with Crippen LogP contribution in [-0.2, 0) is 4.74 Å². The Hall–Kier alpha value is -1.72. The first-order valence-corrected chi connectivity index (χ1v) is 6.52. The Morgan fingerprint density at radius 2 is 1.90 bits per heavy atom. The van der Waals surface area contributed by atoms with E-state index >= 15 is 0 Å². The van der Waals surface area contributed by atoms with Crippen LogP contribution in [0.2, 0.25) is 0 Å². The number of ether oxygens (including phenoxy) is 1. The molecule has 0 fully saturated rings. The van der Waals surface area contributed by atoms with Crippen molar-refractivity contribution in [1.29, 1.82) is 0 Å². The maximum absolute atomic E-state index is 13.7. The van der Waals surface area contributed by atoms with Gasteiger partial charge < -0.3 is 10.1 Å². The molecular formula is C14H18F3NO2. The van der Waals surface area contributed by atoms with Crippen LogP contribution in [0, 0.1) is 17.5 Å². The van der Waals surface area contributed by atoms with Gasteiger partial charge in [-0.2, -0.15) is 0 Å². The molecule has 0 bridgehead atoms. The molecule has 0 aliphatic rings. The maximum atomic E-state index is 13.7. The topological polar surface area (TPSA) is 38.3 Å². The highest BCUT2D eigenvalue weighted by molar-refractivity contribution is 5.96. The van der Waals surface area contributed by atoms with Crippen molar-refractivity contribution in [2.24, 2.45) is 0 Å². The Balaban J connectivity index is 2.93. The molecule has 1 aromatic rings. The molecule has 0 heterocycles. The zero-order valence-corrected chi connectivity index (χ0v) is 11.6. The fraction of sp³-hybridized carbons (Fsp3) is 0.500. The lowest BCUT2D eigenvalue weighted by Crippen LogP contribution is -2.14. The van der Waals surface area contributed by atoms with E-state index in [2.05, 4.69) is 17.0 Å². The summed E-state index contributed by atoms with van der Waals surface area (Å²) in [7, 11) is 1.02. The third kappa shape index (κ3) is 3.88. The van der Waals surface area contributed by atoms with E-state index in [1.807, 2.05) is 0 Å². The molecule has 20 heavy (non-hydrogen) atoms. The van der Waals surface area contributed by atoms with Gasteiger partial charge in [0.1, 0.15) is 11.4 Å². The van der Waals surface area contributed by atoms with Crippen molar-refractivity contribution in [2.75, 3.05) is 19.0 Å². The van der Waals surface area contributed by atoms with E-state index in [-0.39, 0.29) is 5.69 Å². The fourth-order valence-corrected chi connectivity index (χ4v) is 1.83. The molecule has 0 atom stereocenters. The standard InChI is InChI=1S/C14H18F3NO2/c1-3-4-5-6-7-18-13-10(16)8-9(15)12(17)11(13)14(19)20-2/h8,18H,3-7H2,1-2H3. The molecule has 0 radical (unpaired) electrons. The summed E-state index contributed by atoms with van der Waals surface area (Å²) in [5.41, 5.74) is -1.09. The Morgan fingerprint density at radius 1 is 1.20 bits per heavy atom. The number of rotatable bonds is 7. The monoisotopic (exact) mass is 289 g/mol. The lowest BCUT2D eigenvalue weighted by atomic mass is 10.1. The molecule has 0 aliphatic heterocycles. The molecule has 0 aliphatic carbocycles. The highest BCUT2D eigenvalue weighted by Gasteiger charge is 2.24. The van der Waals surface area contributed by atoms with Crippen molar-refractivity contribution in [3.8, 4) is 0 Å². The van der Waals surface area contributed by atoms with Crippen LogP contribution < -0.4 is 5.32 Å². The molecule has 112 valence electrons. The minimum Gasteiger partial charge on any atom is -0.465 e. The number of methoxy groups -OCH3 is 1. The van der Waals surface area contributed by atoms with Gasteiger partial charge in [-0.25, -0.2) is 18.0 Å². The first-order chi connectivity index (χ1) is 9.52. The highest BCUT2D eigenvalue weighted by Crippen LogP contribution is 2.26. The van der Waals surface area contributed by atoms with Crippen molar-refractivity contribution in [3.05, 3.63) is 29.1 Å². The van der Waals surface area contributed by atoms with Gasteiger partial charge in [-0.1, -0.05) is 26.2 Å². The van der Waals surface area contributed by atoms with Crippen LogP contribution in [0.15, 0.2) is 6.07 Å². The number of benzene rings is 1. The van der Waals surface area contributed by atoms with E-state index in [1.165, 1.54) is 0 Å². The summed E-state index contributed by atoms with van der Waals surface area (Å²) in [6.07, 6.45) is 3.76. The smallest absolute Gasteiger partial charge is 0.343 e. The van der Waals surface area contributed by atoms with E-state index in [0.717, 1.165) is 32.8 Å². The molecule has 6 heteroatoms. The van der Waals surface area contributed by atoms with Crippen LogP contribution in [0.5, 0.6) is 0 Å². The van der Waals surface area contributed by atoms with Crippen LogP contribution >= 0.6 is 0 Å². The summed E-state index contributed by atoms with van der Waals surface area (Å²) in [4.78, 5) is 11.5. The normalized spacial score (nSPS) is 10.4. The molecule has 0 aromatic heterocycles. The van der Waals surface area contributed by atoms with Crippen molar-refractivity contribution in [3.63, 3.8) is 0 Å². The van der Waals surface area contributed by atoms with Gasteiger partial charge >= 0.3 is 5.97 Å². The Bertz CT molecular complexity index is 478. The van der Waals surface area contributed by atoms with Crippen LogP contribution in [-0.4, -0.2) is 19.6 Å². The summed E-state index contributed by atoms with van der Waals surface area (Å²) >= 11 is 0. The van der Waals surface area contributed by atoms with Gasteiger partial charge in [-0.05, 0) is 6.42 Å². The van der Waals surface area contributed by atoms with Crippen molar-refractivity contribution < 1.29 is 22.7 Å². The summed E-state index contributed by atoms with van der Waals surface area (Å²) in [5, 5.41) is 2.64. The Labute approximate surface area is 116 Å². The number of hydrogen-bond acceptors (Lipinski definition) is 3. The molecule has 1 rings (SSSR count). The van der Waals surface area contributed by atoms with Crippen molar-refractivity contribution >= 4 is 11.7 Å². The van der Waals surface area contributed by atoms with Gasteiger partial charge in [0.15, 0.2) is 11.6 Å². The number of anilines is 1. The number of hydrogen-bond donors (Lipinski definition) is 1. The molecular weight excluding hydrogens is 271 g/mol. The summed E-state index contributed by atoms with van der Waals surface area (Å²) in [6.45, 7) is 2.42. The number of unbranched alkanes of at least 4 members (excludes halogenated alkanes) is 3. The van der Waals surface area contributed by atoms with Crippen LogP contribution in [0.25, 0.3) is 0 Å². The van der Waals surface area contributed by atoms with Crippen LogP contribution in [0.3, 0.4) is 0 Å². The molecule has 1 aromatic carbocycles. The van der Waals surface area contributed by atoms with E-state index in [9.17, 15) is 18.0 Å². The maximum Gasteiger partial charge on any atom is 0.343 e. The quantitative estimate of drug-likeness (QED) is 0.470. The summed E-state index contributed by atoms with van der Waals surface area (Å²) < 4.78 is 44.8. The highest BCUT2D eigenvalue weighted by atomic mass is 19.2. The summed E-state index contributed by atoms with van der Waals surface area (Å²) in [6, 6.07) is 0.413. The molecule has 0 amide bonds. The third-order valence-electron chi connectivity index (χ3n) is 2.89. The second-order valence-corrected chi connectivity index (χ2v) is 4.38. The molecule has 1 N–H and O–H groups in total. The predicted octanol–water partition coefficient (Wildman–Crippen LogP) is 3.88. The average molecular weight is 289 g/mol. The second-order valence-electron chi connectivity index (χ2n) is 4.38. The van der Waals surface area contributed by atoms with Gasteiger partial charge in [-0.3, -0.25) is 0 Å². The fourth-order valence-electron chi connectivity index (χ4n) is 1.83. The zero-order valence-electron chi connectivity index (χ0n) is 11.6. The minimum absolute atomic E-state index is 0.354. The molecule has 0 spiro atoms. The van der Waals surface area contributed by atoms with E-state index < -0.39 is 29.0 Å². The molecule has 0 unspecified atom stereocenters. The number of carbonyl (C=O) groups excluding carboxylic acids is 1. The Kier molecular flexibility index (Phi) is 6.35. The SMILES string of the molecule is CCCCCCNc1c(F)cc(F)c(F)c1C(=O)OC. The van der Waals surface area contributed by atoms with Crippen molar-refractivity contribution in [2.45, 2.75) is 32.6 Å². The number of nitrogens with one attached hydrogen (secondary N) is 1. The van der Waals surface area contributed by atoms with Gasteiger partial charge in [0.05, 0.1) is 12.8 Å². The number of halogens is 3. The van der Waals surface area contributed by atoms with Crippen LogP contribution in [0.4, 0.5) is 18.9 Å². The van der Waals surface area contributed by atoms with Gasteiger partial charge in [0.25, 0.3) is 0 Å². The number of carbonyl (C=O) groups is 1. The van der Waals surface area contributed by atoms with E-state index in [4.69, 9.17) is 0 Å². The largest absolute Gasteiger partial charge is 0.465 e. The molecule has 3 nitrogen and oxygen atoms in total. The first-order valence-electron chi connectivity index (χ1n) is 6.52. The lowest BCUT2D eigenvalue weighted by Gasteiger charge is -2.13. The van der Waals surface area contributed by atoms with Crippen LogP contribution in [0.1, 0.15) is 43.0 Å². The molecule has 0 saturated heterocycles. The second kappa shape index (κ2) is 7.77. The number of esters is 1. The average Bonchev–Trinajstić information content (AvgIpc) is 2.43. The first kappa shape index (κ1) is 16.3. The van der Waals surface area contributed by atoms with Crippen molar-refractivity contribution in [1.82, 2.24) is 0 Å². The predicted molar refractivity (Wildman–Crippen MR) is 70.3 cm³/mol. The lowest BCUT2D eigenvalue weighted by molar-refractivity contribution is 0.0595. The zero-order chi connectivity index (χ0) is 15.1.